The molecule has 0 amide bonds. The average molecular weight is 849 g/mol. The minimum absolute atomic E-state index is 0.436. The van der Waals surface area contributed by atoms with Gasteiger partial charge in [0.05, 0.1) is 5.48 Å². The van der Waals surface area contributed by atoms with Gasteiger partial charge in [0.1, 0.15) is 11.2 Å². The molecule has 0 aliphatic heterocycles. The topological polar surface area (TPSA) is 32.8 Å². The third kappa shape index (κ3) is 6.22. The van der Waals surface area contributed by atoms with Crippen molar-refractivity contribution in [3.05, 3.63) is 243 Å². The summed E-state index contributed by atoms with van der Waals surface area (Å²) in [6, 6.07) is 74.5. The molecule has 4 heteroatoms. The second kappa shape index (κ2) is 15.4. The molecule has 0 N–H and O–H groups in total. The van der Waals surface area contributed by atoms with E-state index in [0.717, 1.165) is 111 Å². The molecule has 11 aromatic carbocycles. The fraction of sp³-hybridized carbons (Fsp3) is 0. The summed E-state index contributed by atoms with van der Waals surface area (Å²) in [5.74, 6) is 0. The quantitative estimate of drug-likeness (QED) is 0.152. The maximum Gasteiger partial charge on any atom is 0.179 e. The lowest BCUT2D eigenvalue weighted by Crippen LogP contribution is -2.09. The molecule has 0 saturated heterocycles. The number of benzene rings is 11. The fourth-order valence-electron chi connectivity index (χ4n) is 9.79. The van der Waals surface area contributed by atoms with E-state index < -0.39 is 0 Å². The molecule has 4 nitrogen and oxygen atoms in total. The molecule has 66 heavy (non-hydrogen) atoms. The van der Waals surface area contributed by atoms with Gasteiger partial charge in [-0.15, -0.1) is 0 Å². The smallest absolute Gasteiger partial charge is 0.179 e. The zero-order valence-corrected chi connectivity index (χ0v) is 35.5. The van der Waals surface area contributed by atoms with Gasteiger partial charge in [-0.25, -0.2) is 0 Å². The van der Waals surface area contributed by atoms with Crippen LogP contribution in [0.2, 0.25) is 0 Å². The van der Waals surface area contributed by atoms with Gasteiger partial charge < -0.3 is 18.6 Å². The Kier molecular flexibility index (Phi) is 7.88. The number of nitrogens with zero attached hydrogens (tertiary/aromatic N) is 2. The molecule has 2 heterocycles. The largest absolute Gasteiger partial charge is 0.452 e. The van der Waals surface area contributed by atoms with Crippen molar-refractivity contribution in [3.8, 4) is 22.3 Å². The summed E-state index contributed by atoms with van der Waals surface area (Å²) < 4.78 is 46.9. The van der Waals surface area contributed by atoms with Crippen molar-refractivity contribution in [1.82, 2.24) is 0 Å². The molecule has 0 aliphatic carbocycles. The van der Waals surface area contributed by atoms with Crippen molar-refractivity contribution in [1.29, 1.82) is 0 Å². The molecule has 0 atom stereocenters. The van der Waals surface area contributed by atoms with Crippen molar-refractivity contribution >= 4 is 99.5 Å². The van der Waals surface area contributed by atoms with Gasteiger partial charge in [0.15, 0.2) is 11.2 Å². The summed E-state index contributed by atoms with van der Waals surface area (Å²) in [4.78, 5) is 4.29. The molecule has 0 unspecified atom stereocenters. The second-order valence-electron chi connectivity index (χ2n) is 16.6. The molecule has 13 aromatic rings. The van der Waals surface area contributed by atoms with E-state index in [0.29, 0.717) is 35.3 Å². The number of para-hydroxylation sites is 4. The molecule has 0 radical (unpaired) electrons. The van der Waals surface area contributed by atoms with Crippen LogP contribution in [-0.4, -0.2) is 0 Å². The summed E-state index contributed by atoms with van der Waals surface area (Å²) in [5, 5.41) is 8.01. The molecule has 0 saturated carbocycles. The molecular formula is C62H40N2O2. The molecule has 310 valence electrons. The minimum Gasteiger partial charge on any atom is -0.452 e. The molecule has 0 spiro atoms. The highest BCUT2D eigenvalue weighted by molar-refractivity contribution is 6.31. The zero-order chi connectivity index (χ0) is 47.0. The van der Waals surface area contributed by atoms with E-state index in [1.807, 2.05) is 48.5 Å². The van der Waals surface area contributed by atoms with Crippen LogP contribution in [0, 0.1) is 0 Å². The highest BCUT2D eigenvalue weighted by atomic mass is 16.4. The Balaban J connectivity index is 1.06. The van der Waals surface area contributed by atoms with Crippen LogP contribution in [0.3, 0.4) is 0 Å². The predicted molar refractivity (Wildman–Crippen MR) is 276 cm³/mol. The van der Waals surface area contributed by atoms with Crippen LogP contribution < -0.4 is 9.80 Å². The van der Waals surface area contributed by atoms with E-state index in [1.165, 1.54) is 0 Å². The van der Waals surface area contributed by atoms with Crippen LogP contribution in [0.15, 0.2) is 251 Å². The molecule has 2 aromatic heterocycles. The third-order valence-electron chi connectivity index (χ3n) is 12.7. The summed E-state index contributed by atoms with van der Waals surface area (Å²) >= 11 is 0. The highest BCUT2D eigenvalue weighted by Gasteiger charge is 2.27. The lowest BCUT2D eigenvalue weighted by atomic mass is 9.87. The normalized spacial score (nSPS) is 12.5. The van der Waals surface area contributed by atoms with E-state index in [2.05, 4.69) is 131 Å². The Hall–Kier alpha value is -8.86. The van der Waals surface area contributed by atoms with Gasteiger partial charge in [-0.3, -0.25) is 0 Å². The minimum atomic E-state index is 0.436. The molecular weight excluding hydrogens is 805 g/mol. The number of anilines is 6. The number of furan rings is 2. The van der Waals surface area contributed by atoms with E-state index >= 15 is 0 Å². The Morgan fingerprint density at radius 1 is 0.303 bits per heavy atom. The first-order chi connectivity index (χ1) is 34.3. The van der Waals surface area contributed by atoms with E-state index in [9.17, 15) is 0 Å². The Morgan fingerprint density at radius 3 is 1.00 bits per heavy atom. The van der Waals surface area contributed by atoms with Crippen LogP contribution in [0.1, 0.15) is 5.48 Å². The third-order valence-corrected chi connectivity index (χ3v) is 12.7. The van der Waals surface area contributed by atoms with Crippen molar-refractivity contribution < 1.29 is 14.3 Å². The lowest BCUT2D eigenvalue weighted by molar-refractivity contribution is 0.634. The number of hydrogen-bond donors (Lipinski definition) is 0. The second-order valence-corrected chi connectivity index (χ2v) is 16.6. The first kappa shape index (κ1) is 33.7. The Bertz CT molecular complexity index is 3770. The summed E-state index contributed by atoms with van der Waals surface area (Å²) in [6.45, 7) is 0. The standard InChI is InChI=1S/C62H40N2O2/c1-7-19-41(20-8-1)57-58(42-21-9-2-10-22-42)60-54-38-44-32-34-52(64(49-27-15-5-16-28-49)50-29-17-6-18-30-50)36-46(44)40-56(54)66-62(60)61-59(57)53-37-43-31-33-51(35-45(43)39-55(53)65-61)63(47-23-11-3-12-24-47)48-25-13-4-14-26-48/h1-40H/i3D,4D,5D,6D. The first-order valence-corrected chi connectivity index (χ1v) is 22.1. The fourth-order valence-corrected chi connectivity index (χ4v) is 9.79. The van der Waals surface area contributed by atoms with Gasteiger partial charge >= 0.3 is 0 Å². The van der Waals surface area contributed by atoms with Crippen LogP contribution >= 0.6 is 0 Å². The first-order valence-electron chi connectivity index (χ1n) is 24.1. The van der Waals surface area contributed by atoms with Gasteiger partial charge in [-0.2, -0.15) is 0 Å². The van der Waals surface area contributed by atoms with E-state index in [4.69, 9.17) is 14.3 Å². The van der Waals surface area contributed by atoms with Crippen molar-refractivity contribution in [2.24, 2.45) is 0 Å². The molecule has 0 fully saturated rings. The number of hydrogen-bond acceptors (Lipinski definition) is 4. The van der Waals surface area contributed by atoms with Crippen LogP contribution in [0.25, 0.3) is 87.7 Å². The average Bonchev–Trinajstić information content (AvgIpc) is 3.95. The Labute approximate surface area is 387 Å². The van der Waals surface area contributed by atoms with Crippen molar-refractivity contribution in [3.63, 3.8) is 0 Å². The van der Waals surface area contributed by atoms with Gasteiger partial charge in [-0.05, 0) is 130 Å². The lowest BCUT2D eigenvalue weighted by Gasteiger charge is -2.25. The van der Waals surface area contributed by atoms with E-state index in [1.54, 1.807) is 48.5 Å². The molecule has 0 bridgehead atoms. The molecule has 13 rings (SSSR count). The van der Waals surface area contributed by atoms with Crippen LogP contribution in [-0.2, 0) is 0 Å². The highest BCUT2D eigenvalue weighted by Crippen LogP contribution is 2.52. The van der Waals surface area contributed by atoms with Crippen LogP contribution in [0.4, 0.5) is 34.1 Å². The van der Waals surface area contributed by atoms with Crippen molar-refractivity contribution in [2.45, 2.75) is 0 Å². The monoisotopic (exact) mass is 848 g/mol. The summed E-state index contributed by atoms with van der Waals surface area (Å²) in [6.07, 6.45) is 0. The summed E-state index contributed by atoms with van der Waals surface area (Å²) in [5.41, 5.74) is 12.6. The predicted octanol–water partition coefficient (Wildman–Crippen LogP) is 18.1. The van der Waals surface area contributed by atoms with Gasteiger partial charge in [0.25, 0.3) is 0 Å². The number of rotatable bonds is 8. The van der Waals surface area contributed by atoms with E-state index in [-0.39, 0.29) is 0 Å². The maximum atomic E-state index is 8.16. The number of fused-ring (bicyclic) bond motifs is 9. The molecule has 0 aliphatic rings. The summed E-state index contributed by atoms with van der Waals surface area (Å²) in [7, 11) is 0. The van der Waals surface area contributed by atoms with Crippen LogP contribution in [0.5, 0.6) is 0 Å². The Morgan fingerprint density at radius 2 is 0.652 bits per heavy atom. The SMILES string of the molecule is [2H]c1ccc(N(c2ccc([2H])cc2)c2ccc3cc4c(cc3c2)oc2c3oc5cc6cc(N(c7ccc([2H])cc7)c7ccc([2H])cc7)ccc6cc5c3c(-c3ccccc3)c(-c3ccccc3)c42)cc1. The van der Waals surface area contributed by atoms with Gasteiger partial charge in [0, 0.05) is 66.8 Å². The maximum absolute atomic E-state index is 8.16. The van der Waals surface area contributed by atoms with Gasteiger partial charge in [0.2, 0.25) is 0 Å². The zero-order valence-electron chi connectivity index (χ0n) is 39.5. The van der Waals surface area contributed by atoms with Crippen molar-refractivity contribution in [2.75, 3.05) is 9.80 Å². The van der Waals surface area contributed by atoms with Gasteiger partial charge in [-0.1, -0.05) is 145 Å².